The first-order valence-corrected chi connectivity index (χ1v) is 6.98. The highest BCUT2D eigenvalue weighted by Crippen LogP contribution is 2.25. The van der Waals surface area contributed by atoms with Gasteiger partial charge in [-0.05, 0) is 12.1 Å². The Morgan fingerprint density at radius 1 is 1.65 bits per heavy atom. The molecule has 0 aromatic carbocycles. The lowest BCUT2D eigenvalue weighted by molar-refractivity contribution is -0.138. The Morgan fingerprint density at radius 2 is 2.29 bits per heavy atom. The number of rotatable bonds is 5. The van der Waals surface area contributed by atoms with Crippen LogP contribution in [-0.4, -0.2) is 25.5 Å². The zero-order chi connectivity index (χ0) is 13.1. The molecule has 5 nitrogen and oxygen atoms in total. The maximum Gasteiger partial charge on any atom is 0.322 e. The molecule has 17 heavy (non-hydrogen) atoms. The molecule has 0 saturated heterocycles. The first-order chi connectivity index (χ1) is 7.86. The van der Waals surface area contributed by atoms with Crippen LogP contribution in [0.4, 0.5) is 0 Å². The number of carboxylic acid groups (broad SMARTS) is 1. The van der Waals surface area contributed by atoms with Gasteiger partial charge in [0.05, 0.1) is 4.34 Å². The molecule has 0 aliphatic carbocycles. The van der Waals surface area contributed by atoms with Gasteiger partial charge in [0, 0.05) is 6.42 Å². The van der Waals surface area contributed by atoms with Crippen LogP contribution in [0.5, 0.6) is 0 Å². The van der Waals surface area contributed by atoms with Crippen LogP contribution < -0.4 is 4.72 Å². The molecule has 0 spiro atoms. The zero-order valence-electron chi connectivity index (χ0n) is 8.38. The van der Waals surface area contributed by atoms with Crippen LogP contribution in [-0.2, 0) is 14.8 Å². The minimum atomic E-state index is -3.90. The van der Waals surface area contributed by atoms with Crippen LogP contribution in [0.2, 0.25) is 4.34 Å². The fraction of sp³-hybridized carbons (Fsp3) is 0.222. The van der Waals surface area contributed by atoms with E-state index in [2.05, 4.69) is 5.92 Å². The Labute approximate surface area is 107 Å². The normalized spacial score (nSPS) is 12.9. The molecule has 1 heterocycles. The molecule has 0 saturated carbocycles. The van der Waals surface area contributed by atoms with Gasteiger partial charge in [-0.15, -0.1) is 23.7 Å². The van der Waals surface area contributed by atoms with Gasteiger partial charge >= 0.3 is 5.97 Å². The maximum atomic E-state index is 11.7. The average molecular weight is 294 g/mol. The largest absolute Gasteiger partial charge is 0.480 e. The van der Waals surface area contributed by atoms with Gasteiger partial charge in [-0.2, -0.15) is 4.72 Å². The second kappa shape index (κ2) is 5.51. The van der Waals surface area contributed by atoms with Gasteiger partial charge in [-0.1, -0.05) is 11.6 Å². The summed E-state index contributed by atoms with van der Waals surface area (Å²) in [5, 5.41) is 8.77. The number of hydrogen-bond acceptors (Lipinski definition) is 4. The predicted octanol–water partition coefficient (Wildman–Crippen LogP) is 1.16. The molecule has 92 valence electrons. The second-order valence-corrected chi connectivity index (χ2v) is 6.63. The van der Waals surface area contributed by atoms with Gasteiger partial charge in [-0.25, -0.2) is 8.42 Å². The van der Waals surface area contributed by atoms with E-state index in [1.807, 2.05) is 4.72 Å². The third-order valence-corrected chi connectivity index (χ3v) is 4.93. The lowest BCUT2D eigenvalue weighted by Gasteiger charge is -2.10. The third-order valence-electron chi connectivity index (χ3n) is 1.73. The van der Waals surface area contributed by atoms with E-state index in [1.165, 1.54) is 12.1 Å². The quantitative estimate of drug-likeness (QED) is 0.798. The van der Waals surface area contributed by atoms with Crippen molar-refractivity contribution in [2.75, 3.05) is 0 Å². The molecule has 0 radical (unpaired) electrons. The molecule has 1 unspecified atom stereocenters. The van der Waals surface area contributed by atoms with Crippen LogP contribution in [0.25, 0.3) is 0 Å². The minimum absolute atomic E-state index is 0.0502. The summed E-state index contributed by atoms with van der Waals surface area (Å²) >= 11 is 6.44. The third kappa shape index (κ3) is 3.71. The number of sulfonamides is 1. The molecule has 0 aliphatic heterocycles. The van der Waals surface area contributed by atoms with E-state index in [0.29, 0.717) is 4.34 Å². The van der Waals surface area contributed by atoms with Crippen LogP contribution in [0.15, 0.2) is 16.3 Å². The highest BCUT2D eigenvalue weighted by molar-refractivity contribution is 7.91. The number of hydrogen-bond donors (Lipinski definition) is 2. The number of terminal acetylenes is 1. The molecule has 1 aromatic heterocycles. The Bertz CT molecular complexity index is 558. The van der Waals surface area contributed by atoms with Crippen molar-refractivity contribution in [2.24, 2.45) is 0 Å². The average Bonchev–Trinajstić information content (AvgIpc) is 2.64. The van der Waals surface area contributed by atoms with Crippen LogP contribution >= 0.6 is 22.9 Å². The van der Waals surface area contributed by atoms with Gasteiger partial charge in [0.2, 0.25) is 0 Å². The molecule has 0 aliphatic rings. The second-order valence-electron chi connectivity index (χ2n) is 2.98. The predicted molar refractivity (Wildman–Crippen MR) is 64.5 cm³/mol. The van der Waals surface area contributed by atoms with Gasteiger partial charge < -0.3 is 5.11 Å². The Hall–Kier alpha value is -1.07. The molecular weight excluding hydrogens is 286 g/mol. The highest BCUT2D eigenvalue weighted by Gasteiger charge is 2.25. The maximum absolute atomic E-state index is 11.7. The number of carbonyl (C=O) groups is 1. The number of nitrogens with one attached hydrogen (secondary N) is 1. The van der Waals surface area contributed by atoms with E-state index >= 15 is 0 Å². The lowest BCUT2D eigenvalue weighted by atomic mass is 10.2. The summed E-state index contributed by atoms with van der Waals surface area (Å²) < 4.78 is 25.7. The number of halogens is 1. The first-order valence-electron chi connectivity index (χ1n) is 4.31. The molecule has 1 rings (SSSR count). The van der Waals surface area contributed by atoms with Gasteiger partial charge in [0.15, 0.2) is 0 Å². The van der Waals surface area contributed by atoms with Crippen molar-refractivity contribution in [3.63, 3.8) is 0 Å². The van der Waals surface area contributed by atoms with E-state index in [4.69, 9.17) is 23.1 Å². The van der Waals surface area contributed by atoms with Gasteiger partial charge in [0.1, 0.15) is 10.3 Å². The summed E-state index contributed by atoms with van der Waals surface area (Å²) in [5.41, 5.74) is 0. The SMILES string of the molecule is C#CCC(NS(=O)(=O)c1ccc(Cl)s1)C(=O)O. The van der Waals surface area contributed by atoms with E-state index in [1.54, 1.807) is 0 Å². The van der Waals surface area contributed by atoms with Crippen molar-refractivity contribution in [3.05, 3.63) is 16.5 Å². The standard InChI is InChI=1S/C9H8ClNO4S2/c1-2-3-6(9(12)13)11-17(14,15)8-5-4-7(10)16-8/h1,4-6,11H,3H2,(H,12,13). The van der Waals surface area contributed by atoms with E-state index in [-0.39, 0.29) is 10.6 Å². The summed E-state index contributed by atoms with van der Waals surface area (Å²) in [4.78, 5) is 10.8. The minimum Gasteiger partial charge on any atom is -0.480 e. The van der Waals surface area contributed by atoms with Gasteiger partial charge in [0.25, 0.3) is 10.0 Å². The lowest BCUT2D eigenvalue weighted by Crippen LogP contribution is -2.40. The molecule has 8 heteroatoms. The van der Waals surface area contributed by atoms with Crippen LogP contribution in [0.3, 0.4) is 0 Å². The molecule has 0 amide bonds. The Morgan fingerprint density at radius 3 is 2.71 bits per heavy atom. The van der Waals surface area contributed by atoms with Crippen molar-refractivity contribution in [1.29, 1.82) is 0 Å². The number of aliphatic carboxylic acids is 1. The molecule has 0 fully saturated rings. The molecule has 0 bridgehead atoms. The fourth-order valence-corrected chi connectivity index (χ4v) is 3.67. The Kier molecular flexibility index (Phi) is 4.54. The first kappa shape index (κ1) is 14.0. The molecule has 1 atom stereocenters. The van der Waals surface area contributed by atoms with Crippen molar-refractivity contribution < 1.29 is 18.3 Å². The Balaban J connectivity index is 2.93. The highest BCUT2D eigenvalue weighted by atomic mass is 35.5. The van der Waals surface area contributed by atoms with Crippen molar-refractivity contribution >= 4 is 38.9 Å². The number of thiophene rings is 1. The zero-order valence-corrected chi connectivity index (χ0v) is 10.8. The number of carboxylic acids is 1. The smallest absolute Gasteiger partial charge is 0.322 e. The van der Waals surface area contributed by atoms with E-state index < -0.39 is 22.0 Å². The molecule has 2 N–H and O–H groups in total. The van der Waals surface area contributed by atoms with E-state index in [9.17, 15) is 13.2 Å². The van der Waals surface area contributed by atoms with Crippen LogP contribution in [0, 0.1) is 12.3 Å². The van der Waals surface area contributed by atoms with E-state index in [0.717, 1.165) is 11.3 Å². The monoisotopic (exact) mass is 293 g/mol. The molecule has 1 aromatic rings. The van der Waals surface area contributed by atoms with Crippen molar-refractivity contribution in [2.45, 2.75) is 16.7 Å². The topological polar surface area (TPSA) is 83.5 Å². The van der Waals surface area contributed by atoms with Crippen molar-refractivity contribution in [1.82, 2.24) is 4.72 Å². The summed E-state index contributed by atoms with van der Waals surface area (Å²) in [5.74, 6) is 0.773. The molecular formula is C9H8ClNO4S2. The van der Waals surface area contributed by atoms with Crippen LogP contribution in [0.1, 0.15) is 6.42 Å². The fourth-order valence-electron chi connectivity index (χ4n) is 0.985. The van der Waals surface area contributed by atoms with Gasteiger partial charge in [-0.3, -0.25) is 4.79 Å². The summed E-state index contributed by atoms with van der Waals surface area (Å²) in [7, 11) is -3.90. The summed E-state index contributed by atoms with van der Waals surface area (Å²) in [6, 6.07) is 1.37. The summed E-state index contributed by atoms with van der Waals surface area (Å²) in [6.45, 7) is 0. The summed E-state index contributed by atoms with van der Waals surface area (Å²) in [6.07, 6.45) is 4.73. The van der Waals surface area contributed by atoms with Crippen molar-refractivity contribution in [3.8, 4) is 12.3 Å².